The van der Waals surface area contributed by atoms with Gasteiger partial charge in [0.15, 0.2) is 0 Å². The van der Waals surface area contributed by atoms with Gasteiger partial charge in [-0.2, -0.15) is 0 Å². The number of carbonyl (C=O) groups excluding carboxylic acids is 1. The number of nitrogens with one attached hydrogen (secondary N) is 1. The van der Waals surface area contributed by atoms with Crippen LogP contribution in [0.4, 0.5) is 4.39 Å². The van der Waals surface area contributed by atoms with Crippen molar-refractivity contribution in [2.24, 2.45) is 5.92 Å². The highest BCUT2D eigenvalue weighted by molar-refractivity contribution is 6.01. The van der Waals surface area contributed by atoms with Gasteiger partial charge in [-0.1, -0.05) is 25.5 Å². The van der Waals surface area contributed by atoms with Crippen LogP contribution in [0.25, 0.3) is 10.9 Å². The number of nitrogens with zero attached hydrogens (tertiary/aromatic N) is 1. The Morgan fingerprint density at radius 1 is 1.24 bits per heavy atom. The van der Waals surface area contributed by atoms with E-state index >= 15 is 0 Å². The van der Waals surface area contributed by atoms with Crippen molar-refractivity contribution in [2.45, 2.75) is 59.2 Å². The van der Waals surface area contributed by atoms with E-state index in [0.717, 1.165) is 27.6 Å². The molecule has 0 radical (unpaired) electrons. The third-order valence-electron chi connectivity index (χ3n) is 6.66. The lowest BCUT2D eigenvalue weighted by Gasteiger charge is -2.45. The Labute approximate surface area is 194 Å². The smallest absolute Gasteiger partial charge is 0.270 e. The number of aromatic nitrogens is 1. The van der Waals surface area contributed by atoms with Crippen LogP contribution in [0.1, 0.15) is 53.9 Å². The van der Waals surface area contributed by atoms with E-state index in [1.54, 1.807) is 17.0 Å². The molecule has 2 atom stereocenters. The fraction of sp³-hybridized carbons (Fsp3) is 0.444. The Morgan fingerprint density at radius 3 is 2.61 bits per heavy atom. The first-order chi connectivity index (χ1) is 15.6. The largest absolute Gasteiger partial charge is 0.486 e. The first-order valence-corrected chi connectivity index (χ1v) is 11.6. The van der Waals surface area contributed by atoms with Gasteiger partial charge >= 0.3 is 0 Å². The molecule has 2 heterocycles. The number of piperidine rings is 1. The van der Waals surface area contributed by atoms with E-state index in [1.165, 1.54) is 12.1 Å². The van der Waals surface area contributed by atoms with E-state index in [2.05, 4.69) is 37.9 Å². The van der Waals surface area contributed by atoms with Gasteiger partial charge in [0.1, 0.15) is 29.0 Å². The minimum Gasteiger partial charge on any atom is -0.486 e. The average molecular weight is 453 g/mol. The number of fused-ring (bicyclic) bond motifs is 1. The minimum absolute atomic E-state index is 0.0972. The quantitative estimate of drug-likeness (QED) is 0.552. The van der Waals surface area contributed by atoms with Crippen LogP contribution in [0.15, 0.2) is 36.4 Å². The summed E-state index contributed by atoms with van der Waals surface area (Å²) in [5.74, 6) is 0.296. The number of benzene rings is 2. The molecule has 0 spiro atoms. The number of ether oxygens (including phenoxy) is 1. The molecule has 1 aliphatic heterocycles. The maximum Gasteiger partial charge on any atom is 0.270 e. The molecule has 33 heavy (non-hydrogen) atoms. The zero-order valence-electron chi connectivity index (χ0n) is 20.0. The number of rotatable bonds is 5. The van der Waals surface area contributed by atoms with Crippen molar-refractivity contribution in [3.63, 3.8) is 0 Å². The predicted molar refractivity (Wildman–Crippen MR) is 128 cm³/mol. The summed E-state index contributed by atoms with van der Waals surface area (Å²) < 4.78 is 19.5. The number of amides is 1. The Hall–Kier alpha value is -2.86. The maximum absolute atomic E-state index is 13.6. The van der Waals surface area contributed by atoms with E-state index < -0.39 is 11.7 Å². The lowest BCUT2D eigenvalue weighted by molar-refractivity contribution is -0.111. The molecule has 1 aromatic heterocycles. The molecule has 176 valence electrons. The number of likely N-dealkylation sites (tertiary alicyclic amines) is 1. The molecule has 3 aromatic rings. The molecular formula is C27H33FN2O3. The zero-order valence-corrected chi connectivity index (χ0v) is 20.0. The number of H-pyrrole nitrogens is 1. The van der Waals surface area contributed by atoms with Gasteiger partial charge in [-0.05, 0) is 81.0 Å². The van der Waals surface area contributed by atoms with Crippen LogP contribution in [-0.2, 0) is 0 Å². The molecule has 2 aromatic carbocycles. The highest BCUT2D eigenvalue weighted by Gasteiger charge is 2.45. The Balaban J connectivity index is 1.63. The molecule has 5 nitrogen and oxygen atoms in total. The molecule has 1 fully saturated rings. The SMILES string of the molecule is Cc1cc(C)c2[nH]c(C(=O)N3CC[C@@](O)(CC(C)C)[C@@H](Oc4ccc(F)cc4)C3)c(C)c2c1. The van der Waals surface area contributed by atoms with Crippen molar-refractivity contribution in [3.8, 4) is 5.75 Å². The predicted octanol–water partition coefficient (Wildman–Crippen LogP) is 5.30. The normalized spacial score (nSPS) is 21.1. The summed E-state index contributed by atoms with van der Waals surface area (Å²) in [6, 6.07) is 9.98. The first-order valence-electron chi connectivity index (χ1n) is 11.6. The third-order valence-corrected chi connectivity index (χ3v) is 6.66. The number of carbonyl (C=O) groups is 1. The van der Waals surface area contributed by atoms with Crippen molar-refractivity contribution in [1.82, 2.24) is 9.88 Å². The fourth-order valence-electron chi connectivity index (χ4n) is 5.05. The van der Waals surface area contributed by atoms with Crippen LogP contribution >= 0.6 is 0 Å². The molecule has 6 heteroatoms. The van der Waals surface area contributed by atoms with Crippen molar-refractivity contribution in [2.75, 3.05) is 13.1 Å². The minimum atomic E-state index is -1.07. The monoisotopic (exact) mass is 452 g/mol. The molecule has 0 unspecified atom stereocenters. The van der Waals surface area contributed by atoms with Crippen LogP contribution in [0.2, 0.25) is 0 Å². The molecule has 0 bridgehead atoms. The molecule has 1 amide bonds. The van der Waals surface area contributed by atoms with E-state index in [0.29, 0.717) is 30.8 Å². The van der Waals surface area contributed by atoms with Crippen LogP contribution in [0.5, 0.6) is 5.75 Å². The van der Waals surface area contributed by atoms with Gasteiger partial charge < -0.3 is 19.7 Å². The second-order valence-corrected chi connectivity index (χ2v) is 9.89. The summed E-state index contributed by atoms with van der Waals surface area (Å²) in [5, 5.41) is 12.5. The molecule has 1 aliphatic rings. The highest BCUT2D eigenvalue weighted by atomic mass is 19.1. The third kappa shape index (κ3) is 4.62. The average Bonchev–Trinajstić information content (AvgIpc) is 3.07. The molecular weight excluding hydrogens is 419 g/mol. The fourth-order valence-corrected chi connectivity index (χ4v) is 5.05. The molecule has 1 saturated heterocycles. The van der Waals surface area contributed by atoms with E-state index in [4.69, 9.17) is 4.74 Å². The van der Waals surface area contributed by atoms with Crippen molar-refractivity contribution < 1.29 is 19.0 Å². The second kappa shape index (κ2) is 8.82. The van der Waals surface area contributed by atoms with E-state index in [9.17, 15) is 14.3 Å². The number of aryl methyl sites for hydroxylation is 3. The van der Waals surface area contributed by atoms with Crippen LogP contribution in [0.3, 0.4) is 0 Å². The van der Waals surface area contributed by atoms with Crippen molar-refractivity contribution in [1.29, 1.82) is 0 Å². The van der Waals surface area contributed by atoms with Gasteiger partial charge in [0.25, 0.3) is 5.91 Å². The second-order valence-electron chi connectivity index (χ2n) is 9.89. The number of halogens is 1. The highest BCUT2D eigenvalue weighted by Crippen LogP contribution is 2.34. The van der Waals surface area contributed by atoms with Crippen molar-refractivity contribution in [3.05, 3.63) is 64.6 Å². The Kier molecular flexibility index (Phi) is 6.23. The van der Waals surface area contributed by atoms with Gasteiger partial charge in [-0.25, -0.2) is 4.39 Å². The van der Waals surface area contributed by atoms with Gasteiger partial charge in [-0.15, -0.1) is 0 Å². The summed E-state index contributed by atoms with van der Waals surface area (Å²) in [4.78, 5) is 18.7. The topological polar surface area (TPSA) is 65.6 Å². The van der Waals surface area contributed by atoms with E-state index in [1.807, 2.05) is 13.8 Å². The molecule has 2 N–H and O–H groups in total. The van der Waals surface area contributed by atoms with Crippen LogP contribution in [0, 0.1) is 32.5 Å². The van der Waals surface area contributed by atoms with Crippen LogP contribution < -0.4 is 4.74 Å². The summed E-state index contributed by atoms with van der Waals surface area (Å²) in [7, 11) is 0. The first kappa shape index (κ1) is 23.3. The summed E-state index contributed by atoms with van der Waals surface area (Å²) in [6.07, 6.45) is 0.363. The lowest BCUT2D eigenvalue weighted by Crippen LogP contribution is -2.59. The Morgan fingerprint density at radius 2 is 1.94 bits per heavy atom. The maximum atomic E-state index is 13.6. The summed E-state index contributed by atoms with van der Waals surface area (Å²) in [5.41, 5.74) is 3.69. The number of aliphatic hydroxyl groups is 1. The number of hydrogen-bond acceptors (Lipinski definition) is 3. The molecule has 0 saturated carbocycles. The molecule has 4 rings (SSSR count). The van der Waals surface area contributed by atoms with Crippen LogP contribution in [-0.4, -0.2) is 45.7 Å². The lowest BCUT2D eigenvalue weighted by atomic mass is 9.81. The number of hydrogen-bond donors (Lipinski definition) is 2. The van der Waals surface area contributed by atoms with E-state index in [-0.39, 0.29) is 24.2 Å². The van der Waals surface area contributed by atoms with Gasteiger partial charge in [-0.3, -0.25) is 4.79 Å². The summed E-state index contributed by atoms with van der Waals surface area (Å²) in [6.45, 7) is 10.9. The van der Waals surface area contributed by atoms with Gasteiger partial charge in [0.2, 0.25) is 0 Å². The standard InChI is InChI=1S/C27H33FN2O3/c1-16(2)14-27(32)10-11-30(15-23(27)33-21-8-6-20(28)7-9-21)26(31)25-19(5)22-13-17(3)12-18(4)24(22)29-25/h6-9,12-13,16,23,29,32H,10-11,14-15H2,1-5H3/t23-,27+/m0/s1. The van der Waals surface area contributed by atoms with Gasteiger partial charge in [0.05, 0.1) is 6.54 Å². The Bertz CT molecular complexity index is 1170. The van der Waals surface area contributed by atoms with Crippen molar-refractivity contribution >= 4 is 16.8 Å². The molecule has 0 aliphatic carbocycles. The number of aromatic amines is 1. The summed E-state index contributed by atoms with van der Waals surface area (Å²) >= 11 is 0. The van der Waals surface area contributed by atoms with Gasteiger partial charge in [0, 0.05) is 17.4 Å². The zero-order chi connectivity index (χ0) is 23.9.